The molecule has 34 nitrogen and oxygen atoms in total. The summed E-state index contributed by atoms with van der Waals surface area (Å²) >= 11 is -33.0. The van der Waals surface area contributed by atoms with E-state index in [1.54, 1.807) is 0 Å². The van der Waals surface area contributed by atoms with Crippen molar-refractivity contribution >= 4 is 0 Å². The Morgan fingerprint density at radius 2 is 0.268 bits per heavy atom. The van der Waals surface area contributed by atoms with Gasteiger partial charge in [-0.1, -0.05) is 0 Å². The van der Waals surface area contributed by atoms with Crippen LogP contribution in [0.2, 0.25) is 0 Å². The molecule has 0 aliphatic rings. The van der Waals surface area contributed by atoms with Crippen molar-refractivity contribution in [2.45, 2.75) is 0 Å². The molecule has 0 aromatic carbocycles. The van der Waals surface area contributed by atoms with Gasteiger partial charge in [0.05, 0.1) is 0 Å². The molecule has 0 unspecified atom stereocenters. The van der Waals surface area contributed by atoms with Gasteiger partial charge >= 0.3 is 203 Å². The van der Waals surface area contributed by atoms with Crippen molar-refractivity contribution in [3.8, 4) is 0 Å². The van der Waals surface area contributed by atoms with Gasteiger partial charge in [-0.2, -0.15) is 0 Å². The molecule has 0 aliphatic heterocycles. The molecule has 272 valence electrons. The third-order valence-electron chi connectivity index (χ3n) is 0. The summed E-state index contributed by atoms with van der Waals surface area (Å²) in [6.45, 7) is 0. The van der Waals surface area contributed by atoms with Gasteiger partial charge < -0.3 is 58.8 Å². The molecule has 0 aliphatic carbocycles. The molecular formula is H32Mo7N6O28. The molecule has 0 rings (SSSR count). The molecule has 0 radical (unpaired) electrons. The predicted octanol–water partition coefficient (Wildman–Crippen LogP) is -7.82. The summed E-state index contributed by atoms with van der Waals surface area (Å²) in [6, 6.07) is 0. The zero-order valence-corrected chi connectivity index (χ0v) is 33.2. The van der Waals surface area contributed by atoms with Crippen LogP contribution in [0.3, 0.4) is 0 Å². The minimum atomic E-state index is -5.52. The van der Waals surface area contributed by atoms with Crippen LogP contribution in [0.1, 0.15) is 0 Å². The SMILES string of the molecule is N.N.N.N.N.N.O.O.O.O.[O]=[Mo](=[O])([OH])[OH].[O]=[Mo](=[O])([OH])[OH].[O]=[Mo](=[O])([OH])[OH].[O]=[Mo](=[O])=[O].[O]=[Mo](=[O])=[O].[O]=[Mo](=[O])=[O].[O]=[Mo](=[O])=[O]. The normalized spacial score (nSPS) is 6.59. The molecule has 0 saturated carbocycles. The van der Waals surface area contributed by atoms with Crippen LogP contribution in [0.4, 0.5) is 0 Å². The monoisotopic (exact) mass is 1250 g/mol. The maximum absolute atomic E-state index is 8.85. The molecule has 0 heterocycles. The van der Waals surface area contributed by atoms with Gasteiger partial charge in [0, 0.05) is 0 Å². The summed E-state index contributed by atoms with van der Waals surface area (Å²) in [4.78, 5) is 0. The second kappa shape index (κ2) is 68.0. The molecule has 41 heteroatoms. The van der Waals surface area contributed by atoms with Gasteiger partial charge in [0.1, 0.15) is 0 Å². The molecular weight excluding hydrogens is 1200 g/mol. The molecule has 0 amide bonds. The van der Waals surface area contributed by atoms with Gasteiger partial charge in [0.15, 0.2) is 0 Å². The molecule has 0 bridgehead atoms. The van der Waals surface area contributed by atoms with Crippen molar-refractivity contribution in [3.05, 3.63) is 0 Å². The van der Waals surface area contributed by atoms with Gasteiger partial charge in [0.25, 0.3) is 0 Å². The van der Waals surface area contributed by atoms with Crippen molar-refractivity contribution in [3.63, 3.8) is 0 Å². The Bertz CT molecular complexity index is 975. The van der Waals surface area contributed by atoms with Crippen LogP contribution in [-0.2, 0) is 180 Å². The summed E-state index contributed by atoms with van der Waals surface area (Å²) in [5.74, 6) is 0. The van der Waals surface area contributed by atoms with Crippen molar-refractivity contribution in [1.82, 2.24) is 36.9 Å². The van der Waals surface area contributed by atoms with E-state index in [-0.39, 0.29) is 58.8 Å². The Kier molecular flexibility index (Phi) is 188. The van der Waals surface area contributed by atoms with E-state index >= 15 is 0 Å². The van der Waals surface area contributed by atoms with E-state index < -0.39 is 119 Å². The topological polar surface area (TPSA) is 765 Å². The molecule has 0 atom stereocenters. The predicted molar refractivity (Wildman–Crippen MR) is 70.3 cm³/mol. The fourth-order valence-corrected chi connectivity index (χ4v) is 0. The van der Waals surface area contributed by atoms with Crippen LogP contribution >= 0.6 is 0 Å². The number of rotatable bonds is 0. The second-order valence-electron chi connectivity index (χ2n) is 2.16. The van der Waals surface area contributed by atoms with Crippen LogP contribution < -0.4 is 36.9 Å². The van der Waals surface area contributed by atoms with E-state index in [1.165, 1.54) is 0 Å². The molecule has 0 fully saturated rings. The van der Waals surface area contributed by atoms with Crippen molar-refractivity contribution in [1.29, 1.82) is 0 Å². The Morgan fingerprint density at radius 1 is 0.268 bits per heavy atom. The third kappa shape index (κ3) is 181000. The molecule has 0 aromatic heterocycles. The molecule has 0 spiro atoms. The quantitative estimate of drug-likeness (QED) is 0.100. The van der Waals surface area contributed by atoms with E-state index in [4.69, 9.17) is 83.7 Å². The first-order valence-electron chi connectivity index (χ1n) is 4.10. The molecule has 41 heavy (non-hydrogen) atoms. The summed E-state index contributed by atoms with van der Waals surface area (Å²) in [5.41, 5.74) is 0. The Balaban J connectivity index is -0.0000000105. The van der Waals surface area contributed by atoms with Crippen molar-refractivity contribution < 1.29 is 225 Å². The van der Waals surface area contributed by atoms with Gasteiger partial charge in [-0.3, -0.25) is 0 Å². The summed E-state index contributed by atoms with van der Waals surface area (Å²) < 4.78 is 199. The van der Waals surface area contributed by atoms with Gasteiger partial charge in [-0.15, -0.1) is 0 Å². The Morgan fingerprint density at radius 3 is 0.268 bits per heavy atom. The van der Waals surface area contributed by atoms with Crippen molar-refractivity contribution in [2.75, 3.05) is 0 Å². The van der Waals surface area contributed by atoms with Crippen LogP contribution in [0.25, 0.3) is 0 Å². The number of hydrogen-bond acceptors (Lipinski definition) is 24. The zero-order chi connectivity index (χ0) is 27.8. The third-order valence-corrected chi connectivity index (χ3v) is 0. The molecule has 0 aromatic rings. The van der Waals surface area contributed by atoms with Crippen LogP contribution in [-0.4, -0.2) is 44.5 Å². The van der Waals surface area contributed by atoms with Gasteiger partial charge in [-0.25, -0.2) is 0 Å². The Labute approximate surface area is 258 Å². The van der Waals surface area contributed by atoms with E-state index in [0.717, 1.165) is 0 Å². The van der Waals surface area contributed by atoms with Crippen LogP contribution in [0, 0.1) is 0 Å². The van der Waals surface area contributed by atoms with E-state index in [1.807, 2.05) is 0 Å². The average molecular weight is 1240 g/mol. The fraction of sp³-hybridized carbons (Fsp3) is 0. The van der Waals surface area contributed by atoms with E-state index in [2.05, 4.69) is 0 Å². The van der Waals surface area contributed by atoms with E-state index in [0.29, 0.717) is 0 Å². The summed E-state index contributed by atoms with van der Waals surface area (Å²) in [5, 5.41) is 0. The fourth-order valence-electron chi connectivity index (χ4n) is 0. The average Bonchev–Trinajstić information content (AvgIpc) is 2.14. The standard InChI is InChI=1S/7Mo.6H3N.10H2O.18O/h;;;;;;;6*1H3;10*1H2;;;;;;;;;;;;;;;;;;/q;;;;3*+2;;;;;;;;;;;;;;;;;;;;;;;;;;;;;;;;;;/p-6. The first-order chi connectivity index (χ1) is 12.9. The molecule has 0 saturated heterocycles. The van der Waals surface area contributed by atoms with Gasteiger partial charge in [0.2, 0.25) is 0 Å². The second-order valence-corrected chi connectivity index (χ2v) is 12.8. The zero-order valence-electron chi connectivity index (χ0n) is 19.1. The summed E-state index contributed by atoms with van der Waals surface area (Å²) in [7, 11) is 0. The van der Waals surface area contributed by atoms with Crippen LogP contribution in [0.5, 0.6) is 0 Å². The van der Waals surface area contributed by atoms with E-state index in [9.17, 15) is 0 Å². The van der Waals surface area contributed by atoms with Crippen LogP contribution in [0.15, 0.2) is 0 Å². The first-order valence-corrected chi connectivity index (χ1v) is 24.2. The molecule has 32 N–H and O–H groups in total. The van der Waals surface area contributed by atoms with Crippen molar-refractivity contribution in [2.24, 2.45) is 0 Å². The summed E-state index contributed by atoms with van der Waals surface area (Å²) in [6.07, 6.45) is 0. The number of hydrogen-bond donors (Lipinski definition) is 12. The minimum absolute atomic E-state index is 0. The maximum atomic E-state index is 8.85. The van der Waals surface area contributed by atoms with Gasteiger partial charge in [-0.05, 0) is 0 Å². The Hall–Kier alpha value is 0.578. The first kappa shape index (κ1) is 113.